The Morgan fingerprint density at radius 1 is 1.07 bits per heavy atom. The summed E-state index contributed by atoms with van der Waals surface area (Å²) in [6.07, 6.45) is 1.91. The Hall–Kier alpha value is -2.82. The zero-order valence-corrected chi connectivity index (χ0v) is 15.9. The number of carboxylic acids is 1. The Bertz CT molecular complexity index is 848. The summed E-state index contributed by atoms with van der Waals surface area (Å²) in [5.74, 6) is -0.0595. The molecule has 0 bridgehead atoms. The molecule has 1 fully saturated rings. The predicted octanol–water partition coefficient (Wildman–Crippen LogP) is 4.41. The molecule has 2 aromatic carbocycles. The second kappa shape index (κ2) is 7.66. The lowest BCUT2D eigenvalue weighted by molar-refractivity contribution is -0.139. The third-order valence-electron chi connectivity index (χ3n) is 6.07. The number of aliphatic carboxylic acids is 1. The standard InChI is InChI=1S/C23H25NO4/c1-2-14-11-15(14)12-21(22(25)26)24-23(27)28-13-20-18-9-5-3-7-16(18)17-8-4-6-10-19(17)20/h3-10,14-15,20-21H,2,11-13H2,1H3,(H,24,27)(H,25,26)/t14-,15+,21+/m1/s1. The molecule has 1 amide bonds. The summed E-state index contributed by atoms with van der Waals surface area (Å²) in [5, 5.41) is 12.0. The van der Waals surface area contributed by atoms with Crippen molar-refractivity contribution in [3.8, 4) is 11.1 Å². The first-order valence-corrected chi connectivity index (χ1v) is 9.92. The molecular formula is C23H25NO4. The highest BCUT2D eigenvalue weighted by atomic mass is 16.5. The van der Waals surface area contributed by atoms with Crippen LogP contribution in [0.5, 0.6) is 0 Å². The Kier molecular flexibility index (Phi) is 5.07. The highest BCUT2D eigenvalue weighted by Gasteiger charge is 2.39. The van der Waals surface area contributed by atoms with Gasteiger partial charge in [-0.3, -0.25) is 0 Å². The molecule has 3 atom stereocenters. The van der Waals surface area contributed by atoms with E-state index in [1.807, 2.05) is 24.3 Å². The number of hydrogen-bond donors (Lipinski definition) is 2. The second-order valence-electron chi connectivity index (χ2n) is 7.76. The van der Waals surface area contributed by atoms with E-state index in [0.29, 0.717) is 18.3 Å². The zero-order chi connectivity index (χ0) is 19.7. The molecule has 2 aromatic rings. The van der Waals surface area contributed by atoms with Crippen LogP contribution < -0.4 is 5.32 Å². The number of fused-ring (bicyclic) bond motifs is 3. The molecule has 0 aliphatic heterocycles. The number of carbonyl (C=O) groups excluding carboxylic acids is 1. The minimum Gasteiger partial charge on any atom is -0.480 e. The van der Waals surface area contributed by atoms with E-state index in [0.717, 1.165) is 35.1 Å². The van der Waals surface area contributed by atoms with Gasteiger partial charge in [-0.1, -0.05) is 61.9 Å². The van der Waals surface area contributed by atoms with E-state index in [1.54, 1.807) is 0 Å². The summed E-state index contributed by atoms with van der Waals surface area (Å²) in [6, 6.07) is 15.4. The molecule has 28 heavy (non-hydrogen) atoms. The number of carbonyl (C=O) groups is 2. The summed E-state index contributed by atoms with van der Waals surface area (Å²) in [5.41, 5.74) is 4.59. The van der Waals surface area contributed by atoms with Gasteiger partial charge in [-0.05, 0) is 46.9 Å². The van der Waals surface area contributed by atoms with Crippen LogP contribution in [0.15, 0.2) is 48.5 Å². The molecule has 0 unspecified atom stereocenters. The van der Waals surface area contributed by atoms with Gasteiger partial charge < -0.3 is 15.2 Å². The van der Waals surface area contributed by atoms with Crippen LogP contribution in [0.4, 0.5) is 4.79 Å². The third kappa shape index (κ3) is 3.61. The number of alkyl carbamates (subject to hydrolysis) is 1. The van der Waals surface area contributed by atoms with Crippen LogP contribution in [0.1, 0.15) is 43.2 Å². The number of hydrogen-bond acceptors (Lipinski definition) is 3. The Morgan fingerprint density at radius 2 is 1.68 bits per heavy atom. The molecule has 146 valence electrons. The largest absolute Gasteiger partial charge is 0.480 e. The third-order valence-corrected chi connectivity index (χ3v) is 6.07. The van der Waals surface area contributed by atoms with Gasteiger partial charge in [0.25, 0.3) is 0 Å². The minimum atomic E-state index is -1.00. The zero-order valence-electron chi connectivity index (χ0n) is 15.9. The first-order valence-electron chi connectivity index (χ1n) is 9.92. The van der Waals surface area contributed by atoms with Crippen molar-refractivity contribution in [2.75, 3.05) is 6.61 Å². The molecule has 5 heteroatoms. The molecule has 2 aliphatic rings. The van der Waals surface area contributed by atoms with E-state index < -0.39 is 18.1 Å². The van der Waals surface area contributed by atoms with Crippen molar-refractivity contribution in [2.45, 2.75) is 38.1 Å². The number of amides is 1. The molecule has 0 radical (unpaired) electrons. The van der Waals surface area contributed by atoms with E-state index in [1.165, 1.54) is 0 Å². The Balaban J connectivity index is 1.40. The van der Waals surface area contributed by atoms with Crippen LogP contribution in [-0.2, 0) is 9.53 Å². The van der Waals surface area contributed by atoms with Gasteiger partial charge in [0, 0.05) is 5.92 Å². The lowest BCUT2D eigenvalue weighted by Gasteiger charge is -2.17. The molecule has 0 saturated heterocycles. The summed E-state index contributed by atoms with van der Waals surface area (Å²) in [6.45, 7) is 2.30. The van der Waals surface area contributed by atoms with Gasteiger partial charge in [0.1, 0.15) is 12.6 Å². The predicted molar refractivity (Wildman–Crippen MR) is 106 cm³/mol. The Morgan fingerprint density at radius 3 is 2.21 bits per heavy atom. The normalized spacial score (nSPS) is 20.8. The summed E-state index contributed by atoms with van der Waals surface area (Å²) in [7, 11) is 0. The molecule has 2 N–H and O–H groups in total. The van der Waals surface area contributed by atoms with Crippen molar-refractivity contribution in [1.29, 1.82) is 0 Å². The molecule has 4 rings (SSSR count). The highest BCUT2D eigenvalue weighted by molar-refractivity contribution is 5.81. The monoisotopic (exact) mass is 379 g/mol. The van der Waals surface area contributed by atoms with Gasteiger partial charge in [0.2, 0.25) is 0 Å². The van der Waals surface area contributed by atoms with E-state index in [-0.39, 0.29) is 12.5 Å². The van der Waals surface area contributed by atoms with Gasteiger partial charge in [-0.15, -0.1) is 0 Å². The Labute approximate surface area is 164 Å². The maximum atomic E-state index is 12.3. The smallest absolute Gasteiger partial charge is 0.407 e. The van der Waals surface area contributed by atoms with Crippen molar-refractivity contribution >= 4 is 12.1 Å². The molecule has 5 nitrogen and oxygen atoms in total. The van der Waals surface area contributed by atoms with Gasteiger partial charge >= 0.3 is 12.1 Å². The second-order valence-corrected chi connectivity index (χ2v) is 7.76. The van der Waals surface area contributed by atoms with Gasteiger partial charge in [-0.25, -0.2) is 9.59 Å². The van der Waals surface area contributed by atoms with Crippen molar-refractivity contribution in [3.05, 3.63) is 59.7 Å². The van der Waals surface area contributed by atoms with Crippen LogP contribution in [0, 0.1) is 11.8 Å². The van der Waals surface area contributed by atoms with Gasteiger partial charge in [0.05, 0.1) is 0 Å². The molecule has 0 spiro atoms. The lowest BCUT2D eigenvalue weighted by atomic mass is 9.98. The van der Waals surface area contributed by atoms with Crippen LogP contribution in [0.25, 0.3) is 11.1 Å². The fraction of sp³-hybridized carbons (Fsp3) is 0.391. The fourth-order valence-electron chi connectivity index (χ4n) is 4.41. The van der Waals surface area contributed by atoms with Crippen LogP contribution >= 0.6 is 0 Å². The molecule has 0 aromatic heterocycles. The summed E-state index contributed by atoms with van der Waals surface area (Å²) < 4.78 is 5.46. The molecule has 2 aliphatic carbocycles. The number of benzene rings is 2. The fourth-order valence-corrected chi connectivity index (χ4v) is 4.41. The number of ether oxygens (including phenoxy) is 1. The van der Waals surface area contributed by atoms with E-state index in [4.69, 9.17) is 4.74 Å². The first-order chi connectivity index (χ1) is 13.6. The summed E-state index contributed by atoms with van der Waals surface area (Å²) in [4.78, 5) is 23.8. The SMILES string of the molecule is CC[C@@H]1C[C@H]1C[C@H](NC(=O)OCC1c2ccccc2-c2ccccc21)C(=O)O. The quantitative estimate of drug-likeness (QED) is 0.747. The number of nitrogens with one attached hydrogen (secondary N) is 1. The van der Waals surface area contributed by atoms with Crippen LogP contribution in [0.3, 0.4) is 0 Å². The average Bonchev–Trinajstić information content (AvgIpc) is 3.38. The maximum Gasteiger partial charge on any atom is 0.407 e. The lowest BCUT2D eigenvalue weighted by Crippen LogP contribution is -2.41. The molecule has 0 heterocycles. The first kappa shape index (κ1) is 18.5. The van der Waals surface area contributed by atoms with E-state index in [2.05, 4.69) is 36.5 Å². The number of rotatable bonds is 7. The maximum absolute atomic E-state index is 12.3. The minimum absolute atomic E-state index is 0.0330. The van der Waals surface area contributed by atoms with Crippen LogP contribution in [0.2, 0.25) is 0 Å². The number of carboxylic acid groups (broad SMARTS) is 1. The van der Waals surface area contributed by atoms with Crippen molar-refractivity contribution in [3.63, 3.8) is 0 Å². The average molecular weight is 379 g/mol. The molecule has 1 saturated carbocycles. The highest BCUT2D eigenvalue weighted by Crippen LogP contribution is 2.45. The van der Waals surface area contributed by atoms with E-state index in [9.17, 15) is 14.7 Å². The van der Waals surface area contributed by atoms with Gasteiger partial charge in [0.15, 0.2) is 0 Å². The van der Waals surface area contributed by atoms with E-state index >= 15 is 0 Å². The molecular weight excluding hydrogens is 354 g/mol. The van der Waals surface area contributed by atoms with Crippen LogP contribution in [-0.4, -0.2) is 29.8 Å². The summed E-state index contributed by atoms with van der Waals surface area (Å²) >= 11 is 0. The topological polar surface area (TPSA) is 75.6 Å². The van der Waals surface area contributed by atoms with Crippen molar-refractivity contribution < 1.29 is 19.4 Å². The van der Waals surface area contributed by atoms with Crippen molar-refractivity contribution in [2.24, 2.45) is 11.8 Å². The van der Waals surface area contributed by atoms with Gasteiger partial charge in [-0.2, -0.15) is 0 Å². The van der Waals surface area contributed by atoms with Crippen molar-refractivity contribution in [1.82, 2.24) is 5.32 Å².